The average Bonchev–Trinajstić information content (AvgIpc) is 3.24. The summed E-state index contributed by atoms with van der Waals surface area (Å²) in [6, 6.07) is 27.7. The fourth-order valence-corrected chi connectivity index (χ4v) is 4.33. The molecule has 1 N–H and O–H groups in total. The van der Waals surface area contributed by atoms with Crippen molar-refractivity contribution in [2.24, 2.45) is 0 Å². The Morgan fingerprint density at radius 1 is 0.897 bits per heavy atom. The lowest BCUT2D eigenvalue weighted by Crippen LogP contribution is -2.15. The van der Waals surface area contributed by atoms with Crippen molar-refractivity contribution in [1.82, 2.24) is 14.8 Å². The van der Waals surface area contributed by atoms with Crippen molar-refractivity contribution in [3.63, 3.8) is 0 Å². The lowest BCUT2D eigenvalue weighted by molar-refractivity contribution is -0.113. The summed E-state index contributed by atoms with van der Waals surface area (Å²) in [5.41, 5.74) is 1.77. The molecular formula is C22H18N4OS2. The van der Waals surface area contributed by atoms with Crippen LogP contribution in [0.2, 0.25) is 0 Å². The molecule has 1 heterocycles. The van der Waals surface area contributed by atoms with Gasteiger partial charge in [0.2, 0.25) is 5.91 Å². The van der Waals surface area contributed by atoms with Crippen LogP contribution in [0.1, 0.15) is 0 Å². The van der Waals surface area contributed by atoms with Crippen molar-refractivity contribution in [3.05, 3.63) is 91.3 Å². The second kappa shape index (κ2) is 9.45. The van der Waals surface area contributed by atoms with Crippen LogP contribution in [0.5, 0.6) is 0 Å². The molecule has 7 heteroatoms. The molecule has 4 rings (SSSR count). The number of para-hydroxylation sites is 2. The predicted molar refractivity (Wildman–Crippen MR) is 118 cm³/mol. The third-order valence-corrected chi connectivity index (χ3v) is 6.04. The molecule has 144 valence electrons. The molecule has 0 fully saturated rings. The summed E-state index contributed by atoms with van der Waals surface area (Å²) in [5, 5.41) is 11.8. The van der Waals surface area contributed by atoms with Gasteiger partial charge < -0.3 is 5.32 Å². The molecule has 0 spiro atoms. The first-order valence-electron chi connectivity index (χ1n) is 8.99. The number of aromatic nitrogens is 3. The Labute approximate surface area is 177 Å². The minimum atomic E-state index is -0.0845. The Morgan fingerprint density at radius 2 is 1.59 bits per heavy atom. The highest BCUT2D eigenvalue weighted by molar-refractivity contribution is 8.00. The van der Waals surface area contributed by atoms with Gasteiger partial charge in [0, 0.05) is 15.5 Å². The van der Waals surface area contributed by atoms with Crippen LogP contribution in [-0.2, 0) is 4.79 Å². The number of hydrogen-bond acceptors (Lipinski definition) is 5. The number of nitrogens with zero attached hydrogens (tertiary/aromatic N) is 3. The number of amides is 1. The van der Waals surface area contributed by atoms with Gasteiger partial charge in [0.05, 0.1) is 11.4 Å². The van der Waals surface area contributed by atoms with E-state index in [1.807, 2.05) is 77.4 Å². The summed E-state index contributed by atoms with van der Waals surface area (Å²) < 4.78 is 1.87. The van der Waals surface area contributed by atoms with Crippen molar-refractivity contribution in [2.75, 3.05) is 11.1 Å². The maximum absolute atomic E-state index is 12.6. The van der Waals surface area contributed by atoms with Crippen LogP contribution in [0.25, 0.3) is 5.69 Å². The molecule has 0 bridgehead atoms. The molecule has 3 aromatic carbocycles. The summed E-state index contributed by atoms with van der Waals surface area (Å²) in [5.74, 6) is 0.161. The molecule has 0 atom stereocenters. The van der Waals surface area contributed by atoms with E-state index in [2.05, 4.69) is 27.6 Å². The van der Waals surface area contributed by atoms with E-state index in [1.54, 1.807) is 18.1 Å². The van der Waals surface area contributed by atoms with Gasteiger partial charge in [-0.3, -0.25) is 9.36 Å². The molecule has 0 unspecified atom stereocenters. The smallest absolute Gasteiger partial charge is 0.234 e. The molecule has 4 aromatic rings. The number of nitrogens with one attached hydrogen (secondary N) is 1. The summed E-state index contributed by atoms with van der Waals surface area (Å²) >= 11 is 2.98. The van der Waals surface area contributed by atoms with Crippen LogP contribution >= 0.6 is 23.5 Å². The number of hydrogen-bond donors (Lipinski definition) is 1. The fourth-order valence-electron chi connectivity index (χ4n) is 2.68. The minimum absolute atomic E-state index is 0.0845. The van der Waals surface area contributed by atoms with Crippen molar-refractivity contribution < 1.29 is 4.79 Å². The first kappa shape index (κ1) is 19.3. The maximum atomic E-state index is 12.6. The standard InChI is InChI=1S/C22H18N4OS2/c27-21(15-28-22-25-23-16-26(22)17-9-3-1-4-10-17)24-19-13-7-8-14-20(19)29-18-11-5-2-6-12-18/h1-14,16H,15H2,(H,24,27). The molecule has 1 aromatic heterocycles. The molecule has 0 aliphatic rings. The third-order valence-electron chi connectivity index (χ3n) is 4.02. The lowest BCUT2D eigenvalue weighted by Gasteiger charge is -2.11. The first-order valence-corrected chi connectivity index (χ1v) is 10.8. The van der Waals surface area contributed by atoms with E-state index >= 15 is 0 Å². The average molecular weight is 419 g/mol. The van der Waals surface area contributed by atoms with E-state index in [0.717, 1.165) is 21.2 Å². The molecular weight excluding hydrogens is 400 g/mol. The lowest BCUT2D eigenvalue weighted by atomic mass is 10.3. The van der Waals surface area contributed by atoms with Crippen LogP contribution < -0.4 is 5.32 Å². The van der Waals surface area contributed by atoms with Crippen LogP contribution in [0, 0.1) is 0 Å². The second-order valence-corrected chi connectivity index (χ2v) is 8.13. The van der Waals surface area contributed by atoms with Crippen molar-refractivity contribution in [2.45, 2.75) is 14.9 Å². The summed E-state index contributed by atoms with van der Waals surface area (Å²) in [6.07, 6.45) is 1.65. The SMILES string of the molecule is O=C(CSc1nncn1-c1ccccc1)Nc1ccccc1Sc1ccccc1. The van der Waals surface area contributed by atoms with Crippen molar-refractivity contribution in [1.29, 1.82) is 0 Å². The Hall–Kier alpha value is -3.03. The Kier molecular flexibility index (Phi) is 6.29. The second-order valence-electron chi connectivity index (χ2n) is 6.07. The van der Waals surface area contributed by atoms with Gasteiger partial charge in [-0.15, -0.1) is 10.2 Å². The molecule has 0 saturated carbocycles. The molecule has 5 nitrogen and oxygen atoms in total. The van der Waals surface area contributed by atoms with Gasteiger partial charge in [-0.05, 0) is 36.4 Å². The first-order chi connectivity index (χ1) is 14.3. The number of carbonyl (C=O) groups is 1. The maximum Gasteiger partial charge on any atom is 0.234 e. The topological polar surface area (TPSA) is 59.8 Å². The van der Waals surface area contributed by atoms with E-state index in [9.17, 15) is 4.79 Å². The summed E-state index contributed by atoms with van der Waals surface area (Å²) in [7, 11) is 0. The monoisotopic (exact) mass is 418 g/mol. The van der Waals surface area contributed by atoms with Gasteiger partial charge in [-0.1, -0.05) is 72.1 Å². The summed E-state index contributed by atoms with van der Waals surface area (Å²) in [4.78, 5) is 14.7. The predicted octanol–water partition coefficient (Wildman–Crippen LogP) is 5.15. The molecule has 0 saturated heterocycles. The number of benzene rings is 3. The molecule has 29 heavy (non-hydrogen) atoms. The zero-order chi connectivity index (χ0) is 19.9. The van der Waals surface area contributed by atoms with Crippen LogP contribution in [0.15, 0.2) is 106 Å². The zero-order valence-electron chi connectivity index (χ0n) is 15.4. The van der Waals surface area contributed by atoms with Gasteiger partial charge >= 0.3 is 0 Å². The Bertz CT molecular complexity index is 1080. The molecule has 0 aliphatic heterocycles. The number of thioether (sulfide) groups is 1. The van der Waals surface area contributed by atoms with Crippen LogP contribution in [0.3, 0.4) is 0 Å². The van der Waals surface area contributed by atoms with Gasteiger partial charge in [-0.2, -0.15) is 0 Å². The van der Waals surface area contributed by atoms with E-state index < -0.39 is 0 Å². The summed E-state index contributed by atoms with van der Waals surface area (Å²) in [6.45, 7) is 0. The zero-order valence-corrected chi connectivity index (χ0v) is 17.1. The highest BCUT2D eigenvalue weighted by Gasteiger charge is 2.12. The van der Waals surface area contributed by atoms with E-state index in [-0.39, 0.29) is 11.7 Å². The highest BCUT2D eigenvalue weighted by atomic mass is 32.2. The Morgan fingerprint density at radius 3 is 2.38 bits per heavy atom. The highest BCUT2D eigenvalue weighted by Crippen LogP contribution is 2.33. The number of rotatable bonds is 7. The largest absolute Gasteiger partial charge is 0.324 e. The quantitative estimate of drug-likeness (QED) is 0.421. The normalized spacial score (nSPS) is 10.6. The van der Waals surface area contributed by atoms with Crippen LogP contribution in [-0.4, -0.2) is 26.4 Å². The minimum Gasteiger partial charge on any atom is -0.324 e. The third kappa shape index (κ3) is 5.07. The number of anilines is 1. The fraction of sp³-hybridized carbons (Fsp3) is 0.0455. The van der Waals surface area contributed by atoms with Crippen molar-refractivity contribution >= 4 is 35.1 Å². The van der Waals surface area contributed by atoms with E-state index in [4.69, 9.17) is 0 Å². The van der Waals surface area contributed by atoms with E-state index in [0.29, 0.717) is 5.16 Å². The molecule has 0 aliphatic carbocycles. The van der Waals surface area contributed by atoms with Gasteiger partial charge in [-0.25, -0.2) is 0 Å². The van der Waals surface area contributed by atoms with Crippen LogP contribution in [0.4, 0.5) is 5.69 Å². The van der Waals surface area contributed by atoms with Gasteiger partial charge in [0.15, 0.2) is 5.16 Å². The van der Waals surface area contributed by atoms with Gasteiger partial charge in [0.25, 0.3) is 0 Å². The molecule has 0 radical (unpaired) electrons. The number of carbonyl (C=O) groups excluding carboxylic acids is 1. The molecule has 1 amide bonds. The Balaban J connectivity index is 1.41. The van der Waals surface area contributed by atoms with Crippen molar-refractivity contribution in [3.8, 4) is 5.69 Å². The van der Waals surface area contributed by atoms with Gasteiger partial charge in [0.1, 0.15) is 6.33 Å². The van der Waals surface area contributed by atoms with E-state index in [1.165, 1.54) is 11.8 Å².